The number of allylic oxidation sites excluding steroid dienone is 2. The molecule has 1 nitrogen and oxygen atoms in total. The van der Waals surface area contributed by atoms with Crippen LogP contribution >= 0.6 is 0 Å². The standard InChI is InChI=1S/C11H13N/c1-9(2)6-7-10-4-3-5-11(12)8-10/h3-8H,1,12H2,2H3. The van der Waals surface area contributed by atoms with Crippen molar-refractivity contribution in [2.45, 2.75) is 6.92 Å². The lowest BCUT2D eigenvalue weighted by molar-refractivity contribution is 1.57. The Morgan fingerprint density at radius 3 is 2.83 bits per heavy atom. The summed E-state index contributed by atoms with van der Waals surface area (Å²) < 4.78 is 0. The highest BCUT2D eigenvalue weighted by molar-refractivity contribution is 5.57. The SMILES string of the molecule is C=C(C)C=Cc1cccc(N)c1. The smallest absolute Gasteiger partial charge is 0.0319 e. The zero-order chi connectivity index (χ0) is 8.97. The number of nitrogen functional groups attached to an aromatic ring is 1. The Labute approximate surface area is 73.2 Å². The average molecular weight is 159 g/mol. The molecule has 0 saturated heterocycles. The van der Waals surface area contributed by atoms with Crippen LogP contribution in [-0.2, 0) is 0 Å². The van der Waals surface area contributed by atoms with Gasteiger partial charge in [-0.2, -0.15) is 0 Å². The molecule has 12 heavy (non-hydrogen) atoms. The molecule has 62 valence electrons. The first-order chi connectivity index (χ1) is 5.68. The molecule has 1 aromatic carbocycles. The third-order valence-electron chi connectivity index (χ3n) is 1.47. The van der Waals surface area contributed by atoms with Crippen molar-refractivity contribution in [2.24, 2.45) is 0 Å². The van der Waals surface area contributed by atoms with Gasteiger partial charge in [0.25, 0.3) is 0 Å². The predicted octanol–water partition coefficient (Wildman–Crippen LogP) is 2.86. The Balaban J connectivity index is 2.83. The van der Waals surface area contributed by atoms with Gasteiger partial charge in [-0.1, -0.05) is 36.4 Å². The summed E-state index contributed by atoms with van der Waals surface area (Å²) in [5, 5.41) is 0. The molecule has 0 saturated carbocycles. The van der Waals surface area contributed by atoms with Gasteiger partial charge in [-0.3, -0.25) is 0 Å². The van der Waals surface area contributed by atoms with E-state index in [0.29, 0.717) is 0 Å². The van der Waals surface area contributed by atoms with E-state index in [4.69, 9.17) is 5.73 Å². The number of hydrogen-bond donors (Lipinski definition) is 1. The molecule has 0 aliphatic heterocycles. The normalized spacial score (nSPS) is 10.4. The van der Waals surface area contributed by atoms with Crippen LogP contribution in [0.4, 0.5) is 5.69 Å². The Hall–Kier alpha value is -1.50. The quantitative estimate of drug-likeness (QED) is 0.521. The lowest BCUT2D eigenvalue weighted by Gasteiger charge is -1.94. The van der Waals surface area contributed by atoms with Crippen molar-refractivity contribution in [3.63, 3.8) is 0 Å². The van der Waals surface area contributed by atoms with Gasteiger partial charge in [0.2, 0.25) is 0 Å². The van der Waals surface area contributed by atoms with Gasteiger partial charge in [0, 0.05) is 5.69 Å². The third kappa shape index (κ3) is 2.62. The number of nitrogens with two attached hydrogens (primary N) is 1. The molecular formula is C11H13N. The first-order valence-corrected chi connectivity index (χ1v) is 3.87. The molecule has 0 aliphatic rings. The van der Waals surface area contributed by atoms with Crippen LogP contribution in [0.25, 0.3) is 6.08 Å². The van der Waals surface area contributed by atoms with E-state index in [9.17, 15) is 0 Å². The number of hydrogen-bond acceptors (Lipinski definition) is 1. The third-order valence-corrected chi connectivity index (χ3v) is 1.47. The van der Waals surface area contributed by atoms with E-state index < -0.39 is 0 Å². The summed E-state index contributed by atoms with van der Waals surface area (Å²) in [4.78, 5) is 0. The van der Waals surface area contributed by atoms with Crippen molar-refractivity contribution in [3.05, 3.63) is 48.1 Å². The largest absolute Gasteiger partial charge is 0.399 e. The molecule has 0 atom stereocenters. The maximum Gasteiger partial charge on any atom is 0.0319 e. The van der Waals surface area contributed by atoms with Gasteiger partial charge in [0.15, 0.2) is 0 Å². The average Bonchev–Trinajstić information content (AvgIpc) is 2.01. The summed E-state index contributed by atoms with van der Waals surface area (Å²) in [6, 6.07) is 7.75. The Kier molecular flexibility index (Phi) is 2.70. The predicted molar refractivity (Wildman–Crippen MR) is 54.7 cm³/mol. The lowest BCUT2D eigenvalue weighted by Crippen LogP contribution is -1.83. The van der Waals surface area contributed by atoms with E-state index in [0.717, 1.165) is 16.8 Å². The van der Waals surface area contributed by atoms with E-state index in [1.807, 2.05) is 43.3 Å². The van der Waals surface area contributed by atoms with Crippen LogP contribution in [0.3, 0.4) is 0 Å². The van der Waals surface area contributed by atoms with E-state index in [1.54, 1.807) is 0 Å². The summed E-state index contributed by atoms with van der Waals surface area (Å²) in [5.41, 5.74) is 8.55. The van der Waals surface area contributed by atoms with E-state index in [1.165, 1.54) is 0 Å². The molecular weight excluding hydrogens is 146 g/mol. The van der Waals surface area contributed by atoms with E-state index in [-0.39, 0.29) is 0 Å². The fraction of sp³-hybridized carbons (Fsp3) is 0.0909. The summed E-state index contributed by atoms with van der Waals surface area (Å²) in [6.45, 7) is 5.74. The summed E-state index contributed by atoms with van der Waals surface area (Å²) in [5.74, 6) is 0. The molecule has 1 heteroatoms. The highest BCUT2D eigenvalue weighted by Crippen LogP contribution is 2.08. The van der Waals surface area contributed by atoms with Crippen molar-refractivity contribution in [3.8, 4) is 0 Å². The number of rotatable bonds is 2. The fourth-order valence-electron chi connectivity index (χ4n) is 0.901. The zero-order valence-corrected chi connectivity index (χ0v) is 7.25. The number of anilines is 1. The lowest BCUT2D eigenvalue weighted by atomic mass is 10.1. The van der Waals surface area contributed by atoms with Crippen LogP contribution in [0.1, 0.15) is 12.5 Å². The maximum atomic E-state index is 5.61. The van der Waals surface area contributed by atoms with Crippen LogP contribution in [-0.4, -0.2) is 0 Å². The second kappa shape index (κ2) is 3.77. The molecule has 0 spiro atoms. The second-order valence-corrected chi connectivity index (χ2v) is 2.85. The van der Waals surface area contributed by atoms with Gasteiger partial charge < -0.3 is 5.73 Å². The zero-order valence-electron chi connectivity index (χ0n) is 7.25. The van der Waals surface area contributed by atoms with Crippen molar-refractivity contribution in [2.75, 3.05) is 5.73 Å². The highest BCUT2D eigenvalue weighted by atomic mass is 14.5. The van der Waals surface area contributed by atoms with Gasteiger partial charge in [-0.25, -0.2) is 0 Å². The van der Waals surface area contributed by atoms with Crippen molar-refractivity contribution < 1.29 is 0 Å². The minimum atomic E-state index is 0.791. The van der Waals surface area contributed by atoms with Crippen molar-refractivity contribution in [1.29, 1.82) is 0 Å². The van der Waals surface area contributed by atoms with Crippen LogP contribution in [0.2, 0.25) is 0 Å². The van der Waals surface area contributed by atoms with E-state index in [2.05, 4.69) is 6.58 Å². The monoisotopic (exact) mass is 159 g/mol. The topological polar surface area (TPSA) is 26.0 Å². The molecule has 0 aliphatic carbocycles. The Morgan fingerprint density at radius 2 is 2.25 bits per heavy atom. The molecule has 0 unspecified atom stereocenters. The Bertz CT molecular complexity index is 311. The van der Waals surface area contributed by atoms with Gasteiger partial charge >= 0.3 is 0 Å². The second-order valence-electron chi connectivity index (χ2n) is 2.85. The molecule has 0 bridgehead atoms. The molecule has 0 amide bonds. The van der Waals surface area contributed by atoms with Crippen LogP contribution < -0.4 is 5.73 Å². The van der Waals surface area contributed by atoms with Crippen LogP contribution in [0.15, 0.2) is 42.5 Å². The summed E-state index contributed by atoms with van der Waals surface area (Å²) in [7, 11) is 0. The fourth-order valence-corrected chi connectivity index (χ4v) is 0.901. The van der Waals surface area contributed by atoms with Crippen molar-refractivity contribution in [1.82, 2.24) is 0 Å². The van der Waals surface area contributed by atoms with Crippen molar-refractivity contribution >= 4 is 11.8 Å². The van der Waals surface area contributed by atoms with Gasteiger partial charge in [0.1, 0.15) is 0 Å². The molecule has 0 radical (unpaired) electrons. The first-order valence-electron chi connectivity index (χ1n) is 3.87. The molecule has 2 N–H and O–H groups in total. The van der Waals surface area contributed by atoms with Crippen LogP contribution in [0.5, 0.6) is 0 Å². The number of benzene rings is 1. The molecule has 0 heterocycles. The summed E-state index contributed by atoms with van der Waals surface area (Å²) in [6.07, 6.45) is 3.97. The van der Waals surface area contributed by atoms with Gasteiger partial charge in [-0.15, -0.1) is 0 Å². The summed E-state index contributed by atoms with van der Waals surface area (Å²) >= 11 is 0. The molecule has 0 fully saturated rings. The van der Waals surface area contributed by atoms with Gasteiger partial charge in [-0.05, 0) is 24.6 Å². The minimum absolute atomic E-state index is 0.791. The maximum absolute atomic E-state index is 5.61. The van der Waals surface area contributed by atoms with E-state index >= 15 is 0 Å². The Morgan fingerprint density at radius 1 is 1.50 bits per heavy atom. The van der Waals surface area contributed by atoms with Gasteiger partial charge in [0.05, 0.1) is 0 Å². The molecule has 1 aromatic rings. The molecule has 0 aromatic heterocycles. The molecule has 1 rings (SSSR count). The highest BCUT2D eigenvalue weighted by Gasteiger charge is 1.86. The first kappa shape index (κ1) is 8.60. The minimum Gasteiger partial charge on any atom is -0.399 e. The van der Waals surface area contributed by atoms with Crippen LogP contribution in [0, 0.1) is 0 Å².